The molecule has 8 aromatic rings. The molecule has 0 fully saturated rings. The number of nitrogens with two attached hydrogens (primary N) is 1. The fourth-order valence-electron chi connectivity index (χ4n) is 6.27. The Morgan fingerprint density at radius 3 is 1.89 bits per heavy atom. The van der Waals surface area contributed by atoms with Gasteiger partial charge in [0.1, 0.15) is 34.8 Å². The first-order valence-electron chi connectivity index (χ1n) is 18.6. The largest absolute Gasteiger partial charge is 0.497 e. The maximum Gasteiger partial charge on any atom is 0.175 e. The van der Waals surface area contributed by atoms with Gasteiger partial charge in [-0.2, -0.15) is 0 Å². The van der Waals surface area contributed by atoms with E-state index in [4.69, 9.17) is 86.5 Å². The number of H-pyrrole nitrogens is 1. The Morgan fingerprint density at radius 1 is 0.694 bits per heavy atom. The van der Waals surface area contributed by atoms with Gasteiger partial charge in [-0.3, -0.25) is 5.41 Å². The number of benzene rings is 4. The lowest BCUT2D eigenvalue weighted by molar-refractivity contribution is 0.394. The van der Waals surface area contributed by atoms with Crippen LogP contribution in [0.3, 0.4) is 0 Å². The molecule has 0 unspecified atom stereocenters. The van der Waals surface area contributed by atoms with Crippen LogP contribution in [0.25, 0.3) is 22.3 Å². The van der Waals surface area contributed by atoms with Gasteiger partial charge < -0.3 is 38.8 Å². The van der Waals surface area contributed by atoms with Crippen molar-refractivity contribution in [2.24, 2.45) is 0 Å². The molecule has 0 saturated heterocycles. The van der Waals surface area contributed by atoms with Crippen LogP contribution in [0.4, 0.5) is 5.82 Å². The molecule has 20 heteroatoms. The molecule has 4 heterocycles. The quantitative estimate of drug-likeness (QED) is 0.0942. The zero-order valence-electron chi connectivity index (χ0n) is 33.6. The first kappa shape index (κ1) is 44.7. The number of aromatic nitrogens is 8. The number of halogens is 4. The number of rotatable bonds is 14. The van der Waals surface area contributed by atoms with Gasteiger partial charge in [0.2, 0.25) is 0 Å². The minimum absolute atomic E-state index is 0.129. The third kappa shape index (κ3) is 9.96. The van der Waals surface area contributed by atoms with Gasteiger partial charge in [0.15, 0.2) is 38.4 Å². The Balaban J connectivity index is 0.000000186. The molecule has 0 amide bonds. The second-order valence-corrected chi connectivity index (χ2v) is 16.8. The van der Waals surface area contributed by atoms with Crippen LogP contribution in [-0.4, -0.2) is 67.5 Å². The number of hydrogen-bond donors (Lipinski definition) is 3. The number of nitrogens with one attached hydrogen (secondary N) is 2. The van der Waals surface area contributed by atoms with Crippen LogP contribution in [0, 0.1) is 5.41 Å². The average molecular weight is 953 g/mol. The highest BCUT2D eigenvalue weighted by Crippen LogP contribution is 2.39. The van der Waals surface area contributed by atoms with Crippen LogP contribution >= 0.6 is 69.9 Å². The molecule has 4 aromatic heterocycles. The number of methoxy groups -OCH3 is 4. The maximum atomic E-state index is 8.17. The highest BCUT2D eigenvalue weighted by molar-refractivity contribution is 7.99. The van der Waals surface area contributed by atoms with Crippen LogP contribution in [0.2, 0.25) is 20.1 Å². The number of aryl methyl sites for hydroxylation is 4. The van der Waals surface area contributed by atoms with E-state index in [0.717, 1.165) is 32.4 Å². The van der Waals surface area contributed by atoms with E-state index in [2.05, 4.69) is 19.9 Å². The SMILES string of the molecule is COc1ccc(OC)c(Sc2nc3c(N)ncnc3n2CCc2cccc(Cl)c2Cl)c1.COc1ccc(OC)c(Sc2nc3c([nH]2)c(=N)ncn3CCc2cccc(Cl)c2Cl)c1. The molecule has 0 aliphatic carbocycles. The van der Waals surface area contributed by atoms with Gasteiger partial charge in [-0.05, 0) is 96.0 Å². The van der Waals surface area contributed by atoms with E-state index in [9.17, 15) is 0 Å². The number of ether oxygens (including phenoxy) is 4. The lowest BCUT2D eigenvalue weighted by Gasteiger charge is -2.12. The highest BCUT2D eigenvalue weighted by Gasteiger charge is 2.19. The summed E-state index contributed by atoms with van der Waals surface area (Å²) in [7, 11) is 6.48. The number of fused-ring (bicyclic) bond motifs is 2. The molecule has 62 heavy (non-hydrogen) atoms. The van der Waals surface area contributed by atoms with E-state index >= 15 is 0 Å². The van der Waals surface area contributed by atoms with Crippen LogP contribution in [0.5, 0.6) is 23.0 Å². The fourth-order valence-corrected chi connectivity index (χ4v) is 9.07. The molecule has 0 atom stereocenters. The van der Waals surface area contributed by atoms with Gasteiger partial charge in [0.05, 0.1) is 64.6 Å². The summed E-state index contributed by atoms with van der Waals surface area (Å²) in [5.41, 5.74) is 10.5. The minimum Gasteiger partial charge on any atom is -0.497 e. The van der Waals surface area contributed by atoms with Gasteiger partial charge in [-0.1, -0.05) is 70.7 Å². The molecule has 4 N–H and O–H groups in total. The zero-order chi connectivity index (χ0) is 43.9. The van der Waals surface area contributed by atoms with Crippen molar-refractivity contribution in [3.05, 3.63) is 122 Å². The molecule has 14 nitrogen and oxygen atoms in total. The van der Waals surface area contributed by atoms with E-state index in [0.29, 0.717) is 96.0 Å². The summed E-state index contributed by atoms with van der Waals surface area (Å²) in [5, 5.41) is 11.6. The van der Waals surface area contributed by atoms with Crippen molar-refractivity contribution >= 4 is 98.1 Å². The van der Waals surface area contributed by atoms with E-state index in [-0.39, 0.29) is 5.49 Å². The molecular formula is C42H38Cl4N10O4S2. The Kier molecular flexibility index (Phi) is 14.6. The number of hydrogen-bond acceptors (Lipinski definition) is 13. The summed E-state index contributed by atoms with van der Waals surface area (Å²) in [4.78, 5) is 27.0. The van der Waals surface area contributed by atoms with E-state index < -0.39 is 0 Å². The third-order valence-electron chi connectivity index (χ3n) is 9.46. The van der Waals surface area contributed by atoms with Gasteiger partial charge in [0.25, 0.3) is 0 Å². The standard InChI is InChI=1S/2C21H19Cl2N5O2S/c1-29-13-6-7-15(30-2)16(10-13)31-21-26-18-19(24)25-11-28(20(18)27-21)9-8-12-4-3-5-14(22)17(12)23;1-29-13-6-7-15(30-2)16(10-13)31-21-27-18-19(24)25-11-26-20(18)28(21)9-8-12-4-3-5-14(22)17(12)23/h3-7,10-11,24H,8-9H2,1-2H3,(H,26,27);3-7,10-11H,8-9H2,1-2H3,(H2,24,25,26). The van der Waals surface area contributed by atoms with Gasteiger partial charge in [-0.15, -0.1) is 0 Å². The summed E-state index contributed by atoms with van der Waals surface area (Å²) in [6.45, 7) is 1.16. The van der Waals surface area contributed by atoms with E-state index in [1.165, 1.54) is 29.9 Å². The highest BCUT2D eigenvalue weighted by atomic mass is 35.5. The fraction of sp³-hybridized carbons (Fsp3) is 0.190. The van der Waals surface area contributed by atoms with Crippen molar-refractivity contribution in [3.63, 3.8) is 0 Å². The van der Waals surface area contributed by atoms with Crippen molar-refractivity contribution in [2.45, 2.75) is 46.0 Å². The second-order valence-electron chi connectivity index (χ2n) is 13.2. The molecule has 0 aliphatic heterocycles. The van der Waals surface area contributed by atoms with Crippen molar-refractivity contribution in [1.29, 1.82) is 5.41 Å². The molecule has 4 aromatic carbocycles. The molecule has 320 valence electrons. The Hall–Kier alpha value is -5.36. The number of anilines is 1. The molecule has 0 bridgehead atoms. The summed E-state index contributed by atoms with van der Waals surface area (Å²) in [6.07, 6.45) is 4.34. The summed E-state index contributed by atoms with van der Waals surface area (Å²) >= 11 is 27.8. The predicted octanol–water partition coefficient (Wildman–Crippen LogP) is 10.1. The number of nitrogens with zero attached hydrogens (tertiary/aromatic N) is 7. The zero-order valence-corrected chi connectivity index (χ0v) is 38.2. The number of imidazole rings is 2. The molecule has 0 spiro atoms. The van der Waals surface area contributed by atoms with Gasteiger partial charge in [-0.25, -0.2) is 24.9 Å². The predicted molar refractivity (Wildman–Crippen MR) is 245 cm³/mol. The maximum absolute atomic E-state index is 8.17. The average Bonchev–Trinajstić information content (AvgIpc) is 3.87. The van der Waals surface area contributed by atoms with Crippen LogP contribution < -0.4 is 30.2 Å². The van der Waals surface area contributed by atoms with E-state index in [1.54, 1.807) is 46.9 Å². The first-order chi connectivity index (χ1) is 30.0. The van der Waals surface area contributed by atoms with Crippen molar-refractivity contribution in [3.8, 4) is 23.0 Å². The Morgan fingerprint density at radius 2 is 1.29 bits per heavy atom. The van der Waals surface area contributed by atoms with Crippen molar-refractivity contribution < 1.29 is 18.9 Å². The molecular weight excluding hydrogens is 914 g/mol. The summed E-state index contributed by atoms with van der Waals surface area (Å²) in [6, 6.07) is 22.3. The van der Waals surface area contributed by atoms with Crippen molar-refractivity contribution in [2.75, 3.05) is 34.2 Å². The minimum atomic E-state index is 0.129. The van der Waals surface area contributed by atoms with Crippen LogP contribution in [0.1, 0.15) is 11.1 Å². The van der Waals surface area contributed by atoms with Gasteiger partial charge >= 0.3 is 0 Å². The molecule has 8 rings (SSSR count). The summed E-state index contributed by atoms with van der Waals surface area (Å²) in [5.74, 6) is 3.18. The van der Waals surface area contributed by atoms with Crippen LogP contribution in [-0.2, 0) is 25.9 Å². The Bertz CT molecular complexity index is 2950. The molecule has 0 saturated carbocycles. The molecule has 0 aliphatic rings. The third-order valence-corrected chi connectivity index (χ3v) is 13.1. The van der Waals surface area contributed by atoms with Crippen LogP contribution in [0.15, 0.2) is 106 Å². The van der Waals surface area contributed by atoms with Crippen molar-refractivity contribution in [1.82, 2.24) is 39.0 Å². The summed E-state index contributed by atoms with van der Waals surface area (Å²) < 4.78 is 25.5. The number of aromatic amines is 1. The smallest absolute Gasteiger partial charge is 0.175 e. The Labute approximate surface area is 384 Å². The van der Waals surface area contributed by atoms with E-state index in [1.807, 2.05) is 69.8 Å². The first-order valence-corrected chi connectivity index (χ1v) is 21.8. The number of nitrogen functional groups attached to an aromatic ring is 1. The lowest BCUT2D eigenvalue weighted by Crippen LogP contribution is -2.13. The lowest BCUT2D eigenvalue weighted by atomic mass is 10.1. The monoisotopic (exact) mass is 950 g/mol. The molecule has 0 radical (unpaired) electrons. The second kappa shape index (κ2) is 20.2. The topological polar surface area (TPSA) is 177 Å². The van der Waals surface area contributed by atoms with Gasteiger partial charge in [0, 0.05) is 13.1 Å². The normalized spacial score (nSPS) is 11.1.